The van der Waals surface area contributed by atoms with Gasteiger partial charge in [0.15, 0.2) is 0 Å². The molecule has 1 aromatic carbocycles. The molecule has 0 saturated carbocycles. The van der Waals surface area contributed by atoms with Gasteiger partial charge in [-0.15, -0.1) is 0 Å². The third-order valence-electron chi connectivity index (χ3n) is 3.45. The van der Waals surface area contributed by atoms with E-state index in [0.717, 1.165) is 38.0 Å². The van der Waals surface area contributed by atoms with Crippen LogP contribution < -0.4 is 10.0 Å². The van der Waals surface area contributed by atoms with Crippen LogP contribution in [0.5, 0.6) is 0 Å². The average Bonchev–Trinajstić information content (AvgIpc) is 2.43. The molecular weight excluding hydrogens is 274 g/mol. The molecule has 2 rings (SSSR count). The summed E-state index contributed by atoms with van der Waals surface area (Å²) < 4.78 is 27.1. The first-order valence-electron chi connectivity index (χ1n) is 6.96. The monoisotopic (exact) mass is 297 g/mol. The molecule has 0 fully saturated rings. The van der Waals surface area contributed by atoms with Crippen LogP contribution in [0.25, 0.3) is 0 Å². The van der Waals surface area contributed by atoms with Gasteiger partial charge in [0.2, 0.25) is 10.0 Å². The standard InChI is InChI=1S/C14H23N3O2S/c1-17(2)9-3-7-16-20(18,19)14-5-4-12-6-8-15-11-13(12)10-14/h4-5,10,15-16H,3,6-9,11H2,1-2H3. The van der Waals surface area contributed by atoms with E-state index < -0.39 is 10.0 Å². The summed E-state index contributed by atoms with van der Waals surface area (Å²) in [5.41, 5.74) is 2.34. The van der Waals surface area contributed by atoms with Gasteiger partial charge >= 0.3 is 0 Å². The molecule has 112 valence electrons. The highest BCUT2D eigenvalue weighted by molar-refractivity contribution is 7.89. The second-order valence-corrected chi connectivity index (χ2v) is 7.18. The van der Waals surface area contributed by atoms with Gasteiger partial charge in [-0.25, -0.2) is 13.1 Å². The van der Waals surface area contributed by atoms with Gasteiger partial charge in [-0.1, -0.05) is 6.07 Å². The normalized spacial score (nSPS) is 15.3. The van der Waals surface area contributed by atoms with Gasteiger partial charge in [-0.05, 0) is 63.3 Å². The summed E-state index contributed by atoms with van der Waals surface area (Å²) in [5, 5.41) is 3.26. The Kier molecular flexibility index (Phi) is 5.15. The van der Waals surface area contributed by atoms with E-state index >= 15 is 0 Å². The van der Waals surface area contributed by atoms with E-state index in [9.17, 15) is 8.42 Å². The third kappa shape index (κ3) is 4.02. The fraction of sp³-hybridized carbons (Fsp3) is 0.571. The minimum Gasteiger partial charge on any atom is -0.312 e. The fourth-order valence-corrected chi connectivity index (χ4v) is 3.43. The van der Waals surface area contributed by atoms with Crippen molar-refractivity contribution in [3.05, 3.63) is 29.3 Å². The minimum atomic E-state index is -3.39. The average molecular weight is 297 g/mol. The summed E-state index contributed by atoms with van der Waals surface area (Å²) >= 11 is 0. The lowest BCUT2D eigenvalue weighted by Crippen LogP contribution is -2.28. The predicted octanol–water partition coefficient (Wildman–Crippen LogP) is 0.562. The highest BCUT2D eigenvalue weighted by Crippen LogP contribution is 2.18. The van der Waals surface area contributed by atoms with E-state index in [1.165, 1.54) is 5.56 Å². The number of hydrogen-bond donors (Lipinski definition) is 2. The van der Waals surface area contributed by atoms with Gasteiger partial charge in [0.25, 0.3) is 0 Å². The molecule has 20 heavy (non-hydrogen) atoms. The summed E-state index contributed by atoms with van der Waals surface area (Å²) in [7, 11) is 0.566. The molecule has 0 radical (unpaired) electrons. The van der Waals surface area contributed by atoms with E-state index in [4.69, 9.17) is 0 Å². The molecule has 0 amide bonds. The smallest absolute Gasteiger partial charge is 0.240 e. The molecule has 0 unspecified atom stereocenters. The summed E-state index contributed by atoms with van der Waals surface area (Å²) in [6.07, 6.45) is 1.77. The SMILES string of the molecule is CN(C)CCCNS(=O)(=O)c1ccc2c(c1)CNCC2. The molecular formula is C14H23N3O2S. The second-order valence-electron chi connectivity index (χ2n) is 5.41. The number of nitrogens with zero attached hydrogens (tertiary/aromatic N) is 1. The lowest BCUT2D eigenvalue weighted by atomic mass is 10.0. The van der Waals surface area contributed by atoms with Crippen LogP contribution >= 0.6 is 0 Å². The zero-order valence-corrected chi connectivity index (χ0v) is 13.0. The predicted molar refractivity (Wildman–Crippen MR) is 80.2 cm³/mol. The lowest BCUT2D eigenvalue weighted by molar-refractivity contribution is 0.400. The van der Waals surface area contributed by atoms with Gasteiger partial charge in [0.05, 0.1) is 4.90 Å². The largest absolute Gasteiger partial charge is 0.312 e. The van der Waals surface area contributed by atoms with Crippen molar-refractivity contribution in [2.75, 3.05) is 33.7 Å². The highest BCUT2D eigenvalue weighted by atomic mass is 32.2. The van der Waals surface area contributed by atoms with Crippen molar-refractivity contribution in [1.29, 1.82) is 0 Å². The molecule has 1 aromatic rings. The minimum absolute atomic E-state index is 0.366. The summed E-state index contributed by atoms with van der Waals surface area (Å²) in [4.78, 5) is 2.41. The Labute approximate surface area is 121 Å². The number of hydrogen-bond acceptors (Lipinski definition) is 4. The Morgan fingerprint density at radius 3 is 2.85 bits per heavy atom. The van der Waals surface area contributed by atoms with Gasteiger partial charge in [0, 0.05) is 13.1 Å². The van der Waals surface area contributed by atoms with Crippen molar-refractivity contribution in [2.45, 2.75) is 24.3 Å². The van der Waals surface area contributed by atoms with Crippen molar-refractivity contribution in [2.24, 2.45) is 0 Å². The summed E-state index contributed by atoms with van der Waals surface area (Å²) in [6.45, 7) is 3.05. The molecule has 0 atom stereocenters. The fourth-order valence-electron chi connectivity index (χ4n) is 2.31. The summed E-state index contributed by atoms with van der Waals surface area (Å²) in [6, 6.07) is 5.43. The van der Waals surface area contributed by atoms with Crippen molar-refractivity contribution in [1.82, 2.24) is 14.9 Å². The number of rotatable bonds is 6. The first-order chi connectivity index (χ1) is 9.49. The maximum atomic E-state index is 12.2. The first-order valence-corrected chi connectivity index (χ1v) is 8.44. The van der Waals surface area contributed by atoms with Crippen LogP contribution in [0.4, 0.5) is 0 Å². The maximum Gasteiger partial charge on any atom is 0.240 e. The molecule has 0 aromatic heterocycles. The number of benzene rings is 1. The molecule has 0 aliphatic carbocycles. The lowest BCUT2D eigenvalue weighted by Gasteiger charge is -2.18. The Hall–Kier alpha value is -0.950. The van der Waals surface area contributed by atoms with Gasteiger partial charge < -0.3 is 10.2 Å². The molecule has 5 nitrogen and oxygen atoms in total. The van der Waals surface area contributed by atoms with Crippen LogP contribution in [0, 0.1) is 0 Å². The van der Waals surface area contributed by atoms with Crippen molar-refractivity contribution >= 4 is 10.0 Å². The Morgan fingerprint density at radius 1 is 1.30 bits per heavy atom. The first kappa shape index (κ1) is 15.4. The molecule has 6 heteroatoms. The number of nitrogens with one attached hydrogen (secondary N) is 2. The van der Waals surface area contributed by atoms with Crippen molar-refractivity contribution < 1.29 is 8.42 Å². The van der Waals surface area contributed by atoms with Gasteiger partial charge in [0.1, 0.15) is 0 Å². The van der Waals surface area contributed by atoms with Crippen LogP contribution in [0.15, 0.2) is 23.1 Å². The van der Waals surface area contributed by atoms with E-state index in [1.54, 1.807) is 12.1 Å². The van der Waals surface area contributed by atoms with Crippen molar-refractivity contribution in [3.8, 4) is 0 Å². The number of fused-ring (bicyclic) bond motifs is 1. The maximum absolute atomic E-state index is 12.2. The topological polar surface area (TPSA) is 61.4 Å². The third-order valence-corrected chi connectivity index (χ3v) is 4.91. The van der Waals surface area contributed by atoms with E-state index in [-0.39, 0.29) is 0 Å². The van der Waals surface area contributed by atoms with E-state index in [0.29, 0.717) is 11.4 Å². The molecule has 0 spiro atoms. The Morgan fingerprint density at radius 2 is 2.10 bits per heavy atom. The van der Waals surface area contributed by atoms with Gasteiger partial charge in [-0.3, -0.25) is 0 Å². The van der Waals surface area contributed by atoms with Crippen LogP contribution in [0.2, 0.25) is 0 Å². The van der Waals surface area contributed by atoms with Crippen LogP contribution in [-0.2, 0) is 23.0 Å². The molecule has 2 N–H and O–H groups in total. The van der Waals surface area contributed by atoms with Crippen LogP contribution in [-0.4, -0.2) is 47.0 Å². The van der Waals surface area contributed by atoms with Crippen LogP contribution in [0.1, 0.15) is 17.5 Å². The molecule has 1 heterocycles. The molecule has 1 aliphatic heterocycles. The molecule has 0 bridgehead atoms. The molecule has 0 saturated heterocycles. The van der Waals surface area contributed by atoms with Crippen LogP contribution in [0.3, 0.4) is 0 Å². The Bertz CT molecular complexity index is 556. The van der Waals surface area contributed by atoms with Gasteiger partial charge in [-0.2, -0.15) is 0 Å². The highest BCUT2D eigenvalue weighted by Gasteiger charge is 2.16. The zero-order chi connectivity index (χ0) is 14.6. The Balaban J connectivity index is 2.02. The zero-order valence-electron chi connectivity index (χ0n) is 12.1. The summed E-state index contributed by atoms with van der Waals surface area (Å²) in [5.74, 6) is 0. The number of sulfonamides is 1. The van der Waals surface area contributed by atoms with Crippen molar-refractivity contribution in [3.63, 3.8) is 0 Å². The van der Waals surface area contributed by atoms with E-state index in [1.807, 2.05) is 25.1 Å². The van der Waals surface area contributed by atoms with E-state index in [2.05, 4.69) is 10.0 Å². The molecule has 1 aliphatic rings. The second kappa shape index (κ2) is 6.67. The quantitative estimate of drug-likeness (QED) is 0.753.